The van der Waals surface area contributed by atoms with Gasteiger partial charge in [-0.15, -0.1) is 0 Å². The van der Waals surface area contributed by atoms with E-state index < -0.39 is 15.9 Å². The predicted octanol–water partition coefficient (Wildman–Crippen LogP) is 1.33. The van der Waals surface area contributed by atoms with Gasteiger partial charge < -0.3 is 15.5 Å². The summed E-state index contributed by atoms with van der Waals surface area (Å²) in [7, 11) is -2.46. The van der Waals surface area contributed by atoms with E-state index in [-0.39, 0.29) is 10.9 Å². The largest absolute Gasteiger partial charge is 0.438 e. The molecule has 8 heteroatoms. The van der Waals surface area contributed by atoms with E-state index in [4.69, 9.17) is 10.2 Å². The number of amides is 1. The smallest absolute Gasteiger partial charge is 0.291 e. The van der Waals surface area contributed by atoms with Crippen molar-refractivity contribution in [1.82, 2.24) is 4.72 Å². The molecule has 0 saturated carbocycles. The Morgan fingerprint density at radius 3 is 2.62 bits per heavy atom. The second-order valence-electron chi connectivity index (χ2n) is 4.37. The van der Waals surface area contributed by atoms with Gasteiger partial charge in [0.2, 0.25) is 5.09 Å². The molecule has 0 aliphatic carbocycles. The molecule has 0 atom stereocenters. The first-order valence-electron chi connectivity index (χ1n) is 6.04. The molecular weight excluding hydrogens is 294 g/mol. The number of nitrogen functional groups attached to an aromatic ring is 1. The number of hydrogen-bond acceptors (Lipinski definition) is 5. The van der Waals surface area contributed by atoms with Gasteiger partial charge in [-0.25, -0.2) is 13.1 Å². The molecule has 1 aromatic carbocycles. The van der Waals surface area contributed by atoms with Crippen molar-refractivity contribution in [3.05, 3.63) is 41.7 Å². The van der Waals surface area contributed by atoms with Crippen LogP contribution >= 0.6 is 0 Å². The standard InChI is InChI=1S/C13H15N3O4S/c1-8-3-4-9(14)10(7-8)16-13(17)11-5-6-12(20-11)21(18,19)15-2/h3-7,15H,14H2,1-2H3,(H,16,17). The summed E-state index contributed by atoms with van der Waals surface area (Å²) in [6, 6.07) is 7.69. The fourth-order valence-corrected chi connectivity index (χ4v) is 2.30. The Morgan fingerprint density at radius 1 is 1.24 bits per heavy atom. The molecule has 0 aliphatic heterocycles. The second kappa shape index (κ2) is 5.58. The minimum absolute atomic E-state index is 0.121. The summed E-state index contributed by atoms with van der Waals surface area (Å²) in [5.74, 6) is -0.699. The molecule has 0 radical (unpaired) electrons. The molecule has 2 aromatic rings. The molecule has 21 heavy (non-hydrogen) atoms. The number of anilines is 2. The van der Waals surface area contributed by atoms with Crippen LogP contribution in [-0.2, 0) is 10.0 Å². The number of sulfonamides is 1. The van der Waals surface area contributed by atoms with Crippen molar-refractivity contribution in [1.29, 1.82) is 0 Å². The third-order valence-corrected chi connectivity index (χ3v) is 4.08. The SMILES string of the molecule is CNS(=O)(=O)c1ccc(C(=O)Nc2cc(C)ccc2N)o1. The maximum absolute atomic E-state index is 12.0. The van der Waals surface area contributed by atoms with E-state index in [9.17, 15) is 13.2 Å². The number of furan rings is 1. The third kappa shape index (κ3) is 3.23. The van der Waals surface area contributed by atoms with Crippen molar-refractivity contribution in [2.24, 2.45) is 0 Å². The average molecular weight is 309 g/mol. The van der Waals surface area contributed by atoms with Gasteiger partial charge in [-0.05, 0) is 43.8 Å². The molecule has 2 rings (SSSR count). The number of nitrogens with two attached hydrogens (primary N) is 1. The van der Waals surface area contributed by atoms with Gasteiger partial charge in [0, 0.05) is 0 Å². The zero-order chi connectivity index (χ0) is 15.6. The number of benzene rings is 1. The monoisotopic (exact) mass is 309 g/mol. The van der Waals surface area contributed by atoms with Crippen LogP contribution in [-0.4, -0.2) is 21.4 Å². The number of hydrogen-bond donors (Lipinski definition) is 3. The van der Waals surface area contributed by atoms with Crippen molar-refractivity contribution in [3.8, 4) is 0 Å². The molecule has 7 nitrogen and oxygen atoms in total. The van der Waals surface area contributed by atoms with Crippen molar-refractivity contribution in [3.63, 3.8) is 0 Å². The highest BCUT2D eigenvalue weighted by Gasteiger charge is 2.19. The summed E-state index contributed by atoms with van der Waals surface area (Å²) >= 11 is 0. The van der Waals surface area contributed by atoms with E-state index in [0.717, 1.165) is 5.56 Å². The molecular formula is C13H15N3O4S. The summed E-state index contributed by atoms with van der Waals surface area (Å²) in [4.78, 5) is 12.0. The molecule has 0 fully saturated rings. The van der Waals surface area contributed by atoms with E-state index in [1.807, 2.05) is 13.0 Å². The van der Waals surface area contributed by atoms with Crippen LogP contribution in [0.4, 0.5) is 11.4 Å². The molecule has 0 spiro atoms. The Balaban J connectivity index is 2.24. The van der Waals surface area contributed by atoms with Crippen LogP contribution in [0.15, 0.2) is 39.8 Å². The maximum atomic E-state index is 12.0. The summed E-state index contributed by atoms with van der Waals surface area (Å²) in [6.45, 7) is 1.86. The molecule has 0 unspecified atom stereocenters. The number of aryl methyl sites for hydroxylation is 1. The summed E-state index contributed by atoms with van der Waals surface area (Å²) < 4.78 is 30.2. The highest BCUT2D eigenvalue weighted by Crippen LogP contribution is 2.21. The third-order valence-electron chi connectivity index (χ3n) is 2.80. The highest BCUT2D eigenvalue weighted by atomic mass is 32.2. The molecule has 0 aliphatic rings. The molecule has 0 bridgehead atoms. The normalized spacial score (nSPS) is 11.3. The number of carbonyl (C=O) groups excluding carboxylic acids is 1. The van der Waals surface area contributed by atoms with E-state index in [0.29, 0.717) is 11.4 Å². The first-order chi connectivity index (χ1) is 9.83. The van der Waals surface area contributed by atoms with Gasteiger partial charge in [-0.3, -0.25) is 4.79 Å². The number of carbonyl (C=O) groups is 1. The molecule has 1 amide bonds. The maximum Gasteiger partial charge on any atom is 0.291 e. The van der Waals surface area contributed by atoms with Gasteiger partial charge in [-0.2, -0.15) is 0 Å². The van der Waals surface area contributed by atoms with Gasteiger partial charge in [-0.1, -0.05) is 6.07 Å². The van der Waals surface area contributed by atoms with Crippen LogP contribution in [0.2, 0.25) is 0 Å². The Bertz CT molecular complexity index is 780. The fourth-order valence-electron chi connectivity index (χ4n) is 1.65. The first kappa shape index (κ1) is 15.1. The minimum Gasteiger partial charge on any atom is -0.438 e. The Labute approximate surface area is 122 Å². The molecule has 4 N–H and O–H groups in total. The fraction of sp³-hybridized carbons (Fsp3) is 0.154. The van der Waals surface area contributed by atoms with E-state index >= 15 is 0 Å². The van der Waals surface area contributed by atoms with Crippen molar-refractivity contribution in [2.75, 3.05) is 18.1 Å². The van der Waals surface area contributed by atoms with Crippen LogP contribution in [0.5, 0.6) is 0 Å². The number of rotatable bonds is 4. The lowest BCUT2D eigenvalue weighted by Crippen LogP contribution is -2.18. The minimum atomic E-state index is -3.72. The van der Waals surface area contributed by atoms with Crippen LogP contribution < -0.4 is 15.8 Å². The Hall–Kier alpha value is -2.32. The predicted molar refractivity (Wildman–Crippen MR) is 78.5 cm³/mol. The van der Waals surface area contributed by atoms with Gasteiger partial charge in [0.05, 0.1) is 11.4 Å². The van der Waals surface area contributed by atoms with Gasteiger partial charge in [0.15, 0.2) is 5.76 Å². The molecule has 1 aromatic heterocycles. The summed E-state index contributed by atoms with van der Waals surface area (Å²) in [5.41, 5.74) is 7.53. The van der Waals surface area contributed by atoms with Gasteiger partial charge in [0.25, 0.3) is 15.9 Å². The molecule has 0 saturated heterocycles. The van der Waals surface area contributed by atoms with E-state index in [2.05, 4.69) is 10.0 Å². The van der Waals surface area contributed by atoms with E-state index in [1.165, 1.54) is 19.2 Å². The quantitative estimate of drug-likeness (QED) is 0.737. The topological polar surface area (TPSA) is 114 Å². The van der Waals surface area contributed by atoms with Crippen LogP contribution in [0.1, 0.15) is 16.1 Å². The summed E-state index contributed by atoms with van der Waals surface area (Å²) in [6.07, 6.45) is 0. The molecule has 112 valence electrons. The highest BCUT2D eigenvalue weighted by molar-refractivity contribution is 7.89. The zero-order valence-corrected chi connectivity index (χ0v) is 12.3. The number of nitrogens with one attached hydrogen (secondary N) is 2. The van der Waals surface area contributed by atoms with Crippen LogP contribution in [0.25, 0.3) is 0 Å². The van der Waals surface area contributed by atoms with E-state index in [1.54, 1.807) is 12.1 Å². The first-order valence-corrected chi connectivity index (χ1v) is 7.52. The lowest BCUT2D eigenvalue weighted by molar-refractivity contribution is 0.0991. The Morgan fingerprint density at radius 2 is 1.95 bits per heavy atom. The average Bonchev–Trinajstić information content (AvgIpc) is 2.93. The van der Waals surface area contributed by atoms with Gasteiger partial charge in [0.1, 0.15) is 0 Å². The van der Waals surface area contributed by atoms with Gasteiger partial charge >= 0.3 is 0 Å². The summed E-state index contributed by atoms with van der Waals surface area (Å²) in [5, 5.41) is 2.25. The molecule has 1 heterocycles. The second-order valence-corrected chi connectivity index (χ2v) is 6.19. The Kier molecular flexibility index (Phi) is 4.01. The lowest BCUT2D eigenvalue weighted by atomic mass is 10.2. The van der Waals surface area contributed by atoms with Crippen LogP contribution in [0.3, 0.4) is 0 Å². The van der Waals surface area contributed by atoms with Crippen molar-refractivity contribution < 1.29 is 17.6 Å². The van der Waals surface area contributed by atoms with Crippen LogP contribution in [0, 0.1) is 6.92 Å². The van der Waals surface area contributed by atoms with Crippen molar-refractivity contribution >= 4 is 27.3 Å². The lowest BCUT2D eigenvalue weighted by Gasteiger charge is -2.07. The van der Waals surface area contributed by atoms with Crippen molar-refractivity contribution in [2.45, 2.75) is 12.0 Å². The zero-order valence-electron chi connectivity index (χ0n) is 11.5.